The molecule has 2 aromatic rings. The molecular formula is C22H27NO3. The summed E-state index contributed by atoms with van der Waals surface area (Å²) in [6.45, 7) is 3.48. The summed E-state index contributed by atoms with van der Waals surface area (Å²) in [7, 11) is 1.73. The largest absolute Gasteiger partial charge is 0.392 e. The lowest BCUT2D eigenvalue weighted by molar-refractivity contribution is -0.261. The molecule has 2 aromatic carbocycles. The van der Waals surface area contributed by atoms with Gasteiger partial charge >= 0.3 is 0 Å². The molecule has 26 heavy (non-hydrogen) atoms. The van der Waals surface area contributed by atoms with Crippen LogP contribution in [0.15, 0.2) is 42.5 Å². The molecule has 4 nitrogen and oxygen atoms in total. The Morgan fingerprint density at radius 1 is 1.19 bits per heavy atom. The number of carbonyl (C=O) groups excluding carboxylic acids is 1. The maximum atomic E-state index is 12.8. The highest BCUT2D eigenvalue weighted by atomic mass is 16.5. The van der Waals surface area contributed by atoms with Crippen molar-refractivity contribution >= 4 is 16.7 Å². The summed E-state index contributed by atoms with van der Waals surface area (Å²) in [6, 6.07) is 14.4. The van der Waals surface area contributed by atoms with Crippen LogP contribution in [0.4, 0.5) is 0 Å². The Morgan fingerprint density at radius 3 is 2.54 bits per heavy atom. The van der Waals surface area contributed by atoms with E-state index in [9.17, 15) is 9.90 Å². The first-order chi connectivity index (χ1) is 12.5. The van der Waals surface area contributed by atoms with Crippen molar-refractivity contribution in [1.29, 1.82) is 0 Å². The molecule has 2 aliphatic rings. The first-order valence-electron chi connectivity index (χ1n) is 9.46. The molecule has 1 saturated carbocycles. The van der Waals surface area contributed by atoms with Crippen molar-refractivity contribution in [1.82, 2.24) is 4.90 Å². The molecule has 0 radical (unpaired) electrons. The van der Waals surface area contributed by atoms with Crippen LogP contribution in [-0.2, 0) is 16.0 Å². The Hall–Kier alpha value is -1.91. The predicted molar refractivity (Wildman–Crippen MR) is 102 cm³/mol. The molecule has 4 heteroatoms. The second-order valence-electron chi connectivity index (χ2n) is 8.05. The van der Waals surface area contributed by atoms with E-state index in [4.69, 9.17) is 4.74 Å². The van der Waals surface area contributed by atoms with Gasteiger partial charge in [0.05, 0.1) is 18.1 Å². The van der Waals surface area contributed by atoms with Gasteiger partial charge in [0, 0.05) is 32.0 Å². The van der Waals surface area contributed by atoms with Crippen LogP contribution in [0.5, 0.6) is 0 Å². The van der Waals surface area contributed by atoms with Gasteiger partial charge in [-0.15, -0.1) is 0 Å². The molecule has 1 aliphatic heterocycles. The number of amides is 1. The van der Waals surface area contributed by atoms with Gasteiger partial charge in [0.2, 0.25) is 5.91 Å². The zero-order chi connectivity index (χ0) is 18.4. The average molecular weight is 353 g/mol. The van der Waals surface area contributed by atoms with Crippen molar-refractivity contribution in [2.75, 3.05) is 20.2 Å². The van der Waals surface area contributed by atoms with Gasteiger partial charge in [-0.1, -0.05) is 42.5 Å². The minimum Gasteiger partial charge on any atom is -0.392 e. The van der Waals surface area contributed by atoms with E-state index in [1.54, 1.807) is 7.11 Å². The molecule has 0 aromatic heterocycles. The van der Waals surface area contributed by atoms with E-state index in [1.807, 2.05) is 23.1 Å². The SMILES string of the molecule is CO[C@@]1(C)C[C@@H](O)C12CCN(C(=O)Cc1ccc3ccccc3c1)CC2. The zero-order valence-corrected chi connectivity index (χ0v) is 15.6. The van der Waals surface area contributed by atoms with Gasteiger partial charge in [-0.2, -0.15) is 0 Å². The van der Waals surface area contributed by atoms with Gasteiger partial charge in [-0.25, -0.2) is 0 Å². The molecule has 0 unspecified atom stereocenters. The van der Waals surface area contributed by atoms with Gasteiger partial charge in [0.25, 0.3) is 0 Å². The third-order valence-corrected chi connectivity index (χ3v) is 6.90. The number of hydrogen-bond acceptors (Lipinski definition) is 3. The maximum Gasteiger partial charge on any atom is 0.226 e. The van der Waals surface area contributed by atoms with Crippen molar-refractivity contribution < 1.29 is 14.6 Å². The summed E-state index contributed by atoms with van der Waals surface area (Å²) in [6.07, 6.45) is 2.42. The highest BCUT2D eigenvalue weighted by Crippen LogP contribution is 2.57. The lowest BCUT2D eigenvalue weighted by atomic mass is 9.51. The standard InChI is InChI=1S/C22H27NO3/c1-21(26-2)15-19(24)22(21)9-11-23(12-10-22)20(25)14-16-7-8-17-5-3-4-6-18(17)13-16/h3-8,13,19,24H,9-12,14-15H2,1-2H3/t19-,21+/m1/s1. The number of aliphatic hydroxyl groups excluding tert-OH is 1. The molecule has 138 valence electrons. The van der Waals surface area contributed by atoms with Crippen LogP contribution in [0.1, 0.15) is 31.7 Å². The number of benzene rings is 2. The van der Waals surface area contributed by atoms with E-state index < -0.39 is 0 Å². The minimum absolute atomic E-state index is 0.170. The van der Waals surface area contributed by atoms with E-state index in [0.29, 0.717) is 25.9 Å². The number of aliphatic hydroxyl groups is 1. The average Bonchev–Trinajstić information content (AvgIpc) is 2.67. The molecule has 1 amide bonds. The number of hydrogen-bond donors (Lipinski definition) is 1. The Kier molecular flexibility index (Phi) is 4.28. The number of nitrogens with zero attached hydrogens (tertiary/aromatic N) is 1. The molecule has 0 bridgehead atoms. The van der Waals surface area contributed by atoms with E-state index >= 15 is 0 Å². The summed E-state index contributed by atoms with van der Waals surface area (Å²) in [5.41, 5.74) is 0.598. The third-order valence-electron chi connectivity index (χ3n) is 6.90. The lowest BCUT2D eigenvalue weighted by Gasteiger charge is -2.62. The number of rotatable bonds is 3. The highest BCUT2D eigenvalue weighted by Gasteiger charge is 2.63. The number of likely N-dealkylation sites (tertiary alicyclic amines) is 1. The quantitative estimate of drug-likeness (QED) is 0.922. The van der Waals surface area contributed by atoms with Gasteiger partial charge in [-0.3, -0.25) is 4.79 Å². The summed E-state index contributed by atoms with van der Waals surface area (Å²) in [5.74, 6) is 0.170. The van der Waals surface area contributed by atoms with Crippen LogP contribution < -0.4 is 0 Å². The fourth-order valence-corrected chi connectivity index (χ4v) is 4.93. The van der Waals surface area contributed by atoms with Crippen molar-refractivity contribution in [3.8, 4) is 0 Å². The second kappa shape index (κ2) is 6.36. The number of piperidine rings is 1. The molecule has 1 N–H and O–H groups in total. The van der Waals surface area contributed by atoms with Gasteiger partial charge < -0.3 is 14.7 Å². The van der Waals surface area contributed by atoms with E-state index in [1.165, 1.54) is 10.8 Å². The topological polar surface area (TPSA) is 49.8 Å². The van der Waals surface area contributed by atoms with E-state index in [2.05, 4.69) is 31.2 Å². The van der Waals surface area contributed by atoms with Crippen molar-refractivity contribution in [3.63, 3.8) is 0 Å². The van der Waals surface area contributed by atoms with Crippen LogP contribution >= 0.6 is 0 Å². The fourth-order valence-electron chi connectivity index (χ4n) is 4.93. The highest BCUT2D eigenvalue weighted by molar-refractivity contribution is 5.85. The molecule has 2 atom stereocenters. The number of methoxy groups -OCH3 is 1. The Labute approximate surface area is 154 Å². The summed E-state index contributed by atoms with van der Waals surface area (Å²) in [5, 5.41) is 12.7. The Balaban J connectivity index is 1.42. The van der Waals surface area contributed by atoms with Crippen LogP contribution in [-0.4, -0.2) is 47.8 Å². The zero-order valence-electron chi connectivity index (χ0n) is 15.6. The number of carbonyl (C=O) groups is 1. The third kappa shape index (κ3) is 2.63. The summed E-state index contributed by atoms with van der Waals surface area (Å²) < 4.78 is 5.71. The van der Waals surface area contributed by atoms with E-state index in [0.717, 1.165) is 18.4 Å². The minimum atomic E-state index is -0.315. The molecular weight excluding hydrogens is 326 g/mol. The summed E-state index contributed by atoms with van der Waals surface area (Å²) >= 11 is 0. The van der Waals surface area contributed by atoms with Gasteiger partial charge in [0.1, 0.15) is 0 Å². The van der Waals surface area contributed by atoms with Crippen LogP contribution in [0, 0.1) is 5.41 Å². The molecule has 4 rings (SSSR count). The van der Waals surface area contributed by atoms with Crippen LogP contribution in [0.3, 0.4) is 0 Å². The lowest BCUT2D eigenvalue weighted by Crippen LogP contribution is -2.69. The van der Waals surface area contributed by atoms with Crippen molar-refractivity contribution in [3.05, 3.63) is 48.0 Å². The van der Waals surface area contributed by atoms with Crippen molar-refractivity contribution in [2.24, 2.45) is 5.41 Å². The number of fused-ring (bicyclic) bond motifs is 1. The van der Waals surface area contributed by atoms with Gasteiger partial charge in [0.15, 0.2) is 0 Å². The Bertz CT molecular complexity index is 825. The fraction of sp³-hybridized carbons (Fsp3) is 0.500. The Morgan fingerprint density at radius 2 is 1.88 bits per heavy atom. The predicted octanol–water partition coefficient (Wildman–Crippen LogP) is 3.16. The second-order valence-corrected chi connectivity index (χ2v) is 8.05. The number of ether oxygens (including phenoxy) is 1. The van der Waals surface area contributed by atoms with Crippen molar-refractivity contribution in [2.45, 2.75) is 44.3 Å². The molecule has 1 heterocycles. The summed E-state index contributed by atoms with van der Waals surface area (Å²) in [4.78, 5) is 14.7. The molecule has 1 saturated heterocycles. The first-order valence-corrected chi connectivity index (χ1v) is 9.46. The first kappa shape index (κ1) is 17.5. The monoisotopic (exact) mass is 353 g/mol. The van der Waals surface area contributed by atoms with Gasteiger partial charge in [-0.05, 0) is 36.1 Å². The molecule has 2 fully saturated rings. The van der Waals surface area contributed by atoms with E-state index in [-0.39, 0.29) is 23.0 Å². The van der Waals surface area contributed by atoms with Crippen LogP contribution in [0.2, 0.25) is 0 Å². The van der Waals surface area contributed by atoms with Crippen LogP contribution in [0.25, 0.3) is 10.8 Å². The molecule has 1 spiro atoms. The molecule has 1 aliphatic carbocycles. The maximum absolute atomic E-state index is 12.8. The smallest absolute Gasteiger partial charge is 0.226 e. The normalized spacial score (nSPS) is 27.5.